The van der Waals surface area contributed by atoms with Crippen molar-refractivity contribution < 1.29 is 0 Å². The third-order valence-corrected chi connectivity index (χ3v) is 2.63. The Morgan fingerprint density at radius 3 is 2.54 bits per heavy atom. The lowest BCUT2D eigenvalue weighted by atomic mass is 9.83. The molecule has 68 valence electrons. The largest absolute Gasteiger partial charge is 0.260 e. The molecule has 0 unspecified atom stereocenters. The lowest BCUT2D eigenvalue weighted by molar-refractivity contribution is 0.746. The average molecular weight is 173 g/mol. The molecule has 0 saturated heterocycles. The molecule has 0 radical (unpaired) electrons. The van der Waals surface area contributed by atoms with E-state index in [1.54, 1.807) is 0 Å². The Bertz CT molecular complexity index is 386. The van der Waals surface area contributed by atoms with E-state index in [1.165, 1.54) is 16.7 Å². The second-order valence-electron chi connectivity index (χ2n) is 4.46. The highest BCUT2D eigenvalue weighted by molar-refractivity contribution is 5.85. The second kappa shape index (κ2) is 2.44. The average Bonchev–Trinajstić information content (AvgIpc) is 2.26. The quantitative estimate of drug-likeness (QED) is 0.571. The standard InChI is InChI=1S/C12H15N/c1-8-5-9(2)11-10(6-8)13-7-12(11,3)4/h5-7H,1-4H3. The summed E-state index contributed by atoms with van der Waals surface area (Å²) in [7, 11) is 0. The molecular weight excluding hydrogens is 158 g/mol. The van der Waals surface area contributed by atoms with Gasteiger partial charge in [0.1, 0.15) is 0 Å². The highest BCUT2D eigenvalue weighted by Gasteiger charge is 2.28. The number of benzene rings is 1. The van der Waals surface area contributed by atoms with E-state index in [1.807, 2.05) is 6.21 Å². The van der Waals surface area contributed by atoms with Crippen LogP contribution in [0.1, 0.15) is 30.5 Å². The minimum absolute atomic E-state index is 0.118. The normalized spacial score (nSPS) is 17.5. The van der Waals surface area contributed by atoms with E-state index < -0.39 is 0 Å². The van der Waals surface area contributed by atoms with Crippen molar-refractivity contribution in [2.24, 2.45) is 4.99 Å². The number of hydrogen-bond donors (Lipinski definition) is 0. The fraction of sp³-hybridized carbons (Fsp3) is 0.417. The summed E-state index contributed by atoms with van der Waals surface area (Å²) >= 11 is 0. The summed E-state index contributed by atoms with van der Waals surface area (Å²) in [5, 5.41) is 0. The van der Waals surface area contributed by atoms with Crippen molar-refractivity contribution in [3.63, 3.8) is 0 Å². The Balaban J connectivity index is 2.71. The monoisotopic (exact) mass is 173 g/mol. The van der Waals surface area contributed by atoms with Gasteiger partial charge in [-0.1, -0.05) is 19.9 Å². The molecule has 1 aromatic rings. The first kappa shape index (κ1) is 8.49. The zero-order valence-electron chi connectivity index (χ0n) is 8.68. The van der Waals surface area contributed by atoms with Crippen LogP contribution in [0.3, 0.4) is 0 Å². The van der Waals surface area contributed by atoms with Crippen LogP contribution in [0.25, 0.3) is 0 Å². The first-order chi connectivity index (χ1) is 6.00. The van der Waals surface area contributed by atoms with E-state index in [9.17, 15) is 0 Å². The van der Waals surface area contributed by atoms with Crippen LogP contribution in [0.5, 0.6) is 0 Å². The van der Waals surface area contributed by atoms with Crippen LogP contribution >= 0.6 is 0 Å². The molecule has 1 aliphatic rings. The smallest absolute Gasteiger partial charge is 0.0672 e. The molecule has 0 atom stereocenters. The molecule has 0 spiro atoms. The predicted octanol–water partition coefficient (Wildman–Crippen LogP) is 3.30. The second-order valence-corrected chi connectivity index (χ2v) is 4.46. The molecule has 1 heterocycles. The van der Waals surface area contributed by atoms with Crippen molar-refractivity contribution in [3.05, 3.63) is 28.8 Å². The summed E-state index contributed by atoms with van der Waals surface area (Å²) in [6, 6.07) is 4.39. The van der Waals surface area contributed by atoms with Gasteiger partial charge in [-0.15, -0.1) is 0 Å². The Hall–Kier alpha value is -1.11. The highest BCUT2D eigenvalue weighted by Crippen LogP contribution is 2.39. The predicted molar refractivity (Wildman–Crippen MR) is 57.1 cm³/mol. The van der Waals surface area contributed by atoms with Gasteiger partial charge < -0.3 is 0 Å². The maximum Gasteiger partial charge on any atom is 0.0672 e. The van der Waals surface area contributed by atoms with Crippen LogP contribution in [0.2, 0.25) is 0 Å². The van der Waals surface area contributed by atoms with E-state index in [4.69, 9.17) is 0 Å². The van der Waals surface area contributed by atoms with Crippen LogP contribution in [0, 0.1) is 13.8 Å². The molecular formula is C12H15N. The molecule has 1 nitrogen and oxygen atoms in total. The van der Waals surface area contributed by atoms with Gasteiger partial charge in [-0.2, -0.15) is 0 Å². The first-order valence-corrected chi connectivity index (χ1v) is 4.68. The fourth-order valence-corrected chi connectivity index (χ4v) is 2.18. The van der Waals surface area contributed by atoms with Crippen LogP contribution in [0.15, 0.2) is 17.1 Å². The Morgan fingerprint density at radius 1 is 1.15 bits per heavy atom. The van der Waals surface area contributed by atoms with Gasteiger partial charge in [-0.25, -0.2) is 0 Å². The number of fused-ring (bicyclic) bond motifs is 1. The number of rotatable bonds is 0. The molecule has 0 bridgehead atoms. The zero-order chi connectivity index (χ0) is 9.64. The summed E-state index contributed by atoms with van der Waals surface area (Å²) in [5.41, 5.74) is 5.32. The Kier molecular flexibility index (Phi) is 1.59. The van der Waals surface area contributed by atoms with Gasteiger partial charge in [-0.05, 0) is 36.6 Å². The van der Waals surface area contributed by atoms with E-state index in [2.05, 4.69) is 44.8 Å². The van der Waals surface area contributed by atoms with Gasteiger partial charge in [0.2, 0.25) is 0 Å². The summed E-state index contributed by atoms with van der Waals surface area (Å²) < 4.78 is 0. The van der Waals surface area contributed by atoms with E-state index in [0.717, 1.165) is 5.69 Å². The summed E-state index contributed by atoms with van der Waals surface area (Å²) in [6.45, 7) is 8.71. The minimum atomic E-state index is 0.118. The number of aryl methyl sites for hydroxylation is 2. The molecule has 1 aliphatic heterocycles. The van der Waals surface area contributed by atoms with Crippen molar-refractivity contribution in [1.29, 1.82) is 0 Å². The minimum Gasteiger partial charge on any atom is -0.260 e. The van der Waals surface area contributed by atoms with Gasteiger partial charge in [-0.3, -0.25) is 4.99 Å². The molecule has 0 aliphatic carbocycles. The first-order valence-electron chi connectivity index (χ1n) is 4.68. The van der Waals surface area contributed by atoms with E-state index in [-0.39, 0.29) is 5.41 Å². The third-order valence-electron chi connectivity index (χ3n) is 2.63. The van der Waals surface area contributed by atoms with Gasteiger partial charge in [0.15, 0.2) is 0 Å². The molecule has 2 rings (SSSR count). The summed E-state index contributed by atoms with van der Waals surface area (Å²) in [5.74, 6) is 0. The molecule has 0 N–H and O–H groups in total. The van der Waals surface area contributed by atoms with Gasteiger partial charge in [0.05, 0.1) is 5.69 Å². The number of nitrogens with zero attached hydrogens (tertiary/aromatic N) is 1. The van der Waals surface area contributed by atoms with Gasteiger partial charge in [0.25, 0.3) is 0 Å². The van der Waals surface area contributed by atoms with Crippen LogP contribution in [0.4, 0.5) is 5.69 Å². The number of aliphatic imine (C=N–C) groups is 1. The maximum absolute atomic E-state index is 4.45. The number of hydrogen-bond acceptors (Lipinski definition) is 1. The van der Waals surface area contributed by atoms with Crippen LogP contribution in [-0.4, -0.2) is 6.21 Å². The SMILES string of the molecule is Cc1cc(C)c2c(c1)N=CC2(C)C. The zero-order valence-corrected chi connectivity index (χ0v) is 8.68. The molecule has 1 aromatic carbocycles. The van der Waals surface area contributed by atoms with Crippen molar-refractivity contribution in [3.8, 4) is 0 Å². The maximum atomic E-state index is 4.45. The Morgan fingerprint density at radius 2 is 1.85 bits per heavy atom. The van der Waals surface area contributed by atoms with Crippen molar-refractivity contribution in [2.45, 2.75) is 33.1 Å². The molecule has 0 amide bonds. The lowest BCUT2D eigenvalue weighted by Gasteiger charge is -2.18. The van der Waals surface area contributed by atoms with E-state index >= 15 is 0 Å². The summed E-state index contributed by atoms with van der Waals surface area (Å²) in [6.07, 6.45) is 2.05. The van der Waals surface area contributed by atoms with Crippen LogP contribution in [-0.2, 0) is 5.41 Å². The topological polar surface area (TPSA) is 12.4 Å². The molecule has 0 aromatic heterocycles. The molecule has 1 heteroatoms. The summed E-state index contributed by atoms with van der Waals surface area (Å²) in [4.78, 5) is 4.45. The molecule has 0 fully saturated rings. The highest BCUT2D eigenvalue weighted by atomic mass is 14.8. The van der Waals surface area contributed by atoms with Gasteiger partial charge >= 0.3 is 0 Å². The van der Waals surface area contributed by atoms with Crippen molar-refractivity contribution >= 4 is 11.9 Å². The van der Waals surface area contributed by atoms with Crippen molar-refractivity contribution in [1.82, 2.24) is 0 Å². The lowest BCUT2D eigenvalue weighted by Crippen LogP contribution is -2.16. The van der Waals surface area contributed by atoms with Gasteiger partial charge in [0, 0.05) is 11.6 Å². The molecule has 13 heavy (non-hydrogen) atoms. The molecule has 0 saturated carbocycles. The van der Waals surface area contributed by atoms with Crippen LogP contribution < -0.4 is 0 Å². The Labute approximate surface area is 79.5 Å². The third kappa shape index (κ3) is 1.19. The van der Waals surface area contributed by atoms with Crippen molar-refractivity contribution in [2.75, 3.05) is 0 Å². The van der Waals surface area contributed by atoms with E-state index in [0.29, 0.717) is 0 Å². The fourth-order valence-electron chi connectivity index (χ4n) is 2.18.